The summed E-state index contributed by atoms with van der Waals surface area (Å²) in [5.74, 6) is 0.181. The molecular formula is C7H10N2O2. The predicted molar refractivity (Wildman–Crippen MR) is 39.2 cm³/mol. The Balaban J connectivity index is 2.76. The molecule has 0 aliphatic heterocycles. The minimum Gasteiger partial charge on any atom is -0.408 e. The first-order valence-electron chi connectivity index (χ1n) is 3.44. The molecule has 4 heteroatoms. The highest BCUT2D eigenvalue weighted by molar-refractivity contribution is 5.68. The second-order valence-corrected chi connectivity index (χ2v) is 2.08. The van der Waals surface area contributed by atoms with Gasteiger partial charge in [-0.3, -0.25) is 4.79 Å². The van der Waals surface area contributed by atoms with Crippen LogP contribution in [0.4, 0.5) is 0 Å². The molecular weight excluding hydrogens is 144 g/mol. The van der Waals surface area contributed by atoms with E-state index < -0.39 is 0 Å². The van der Waals surface area contributed by atoms with Crippen molar-refractivity contribution in [2.75, 3.05) is 0 Å². The van der Waals surface area contributed by atoms with Gasteiger partial charge in [0.1, 0.15) is 0 Å². The summed E-state index contributed by atoms with van der Waals surface area (Å²) in [6.07, 6.45) is 1.60. The van der Waals surface area contributed by atoms with Crippen molar-refractivity contribution in [1.82, 2.24) is 9.78 Å². The van der Waals surface area contributed by atoms with E-state index in [9.17, 15) is 4.79 Å². The fourth-order valence-corrected chi connectivity index (χ4v) is 0.792. The highest BCUT2D eigenvalue weighted by atomic mass is 16.5. The number of hydrogen-bond donors (Lipinski definition) is 0. The van der Waals surface area contributed by atoms with E-state index in [-0.39, 0.29) is 5.97 Å². The Bertz CT molecular complexity index is 255. The second kappa shape index (κ2) is 3.18. The lowest BCUT2D eigenvalue weighted by Crippen LogP contribution is -2.07. The molecule has 0 atom stereocenters. The monoisotopic (exact) mass is 154 g/mol. The molecule has 4 nitrogen and oxygen atoms in total. The highest BCUT2D eigenvalue weighted by Gasteiger charge is 2.02. The number of hydrogen-bond acceptors (Lipinski definition) is 3. The average molecular weight is 154 g/mol. The largest absolute Gasteiger partial charge is 0.408 e. The van der Waals surface area contributed by atoms with Crippen LogP contribution in [0.3, 0.4) is 0 Å². The summed E-state index contributed by atoms with van der Waals surface area (Å²) in [6, 6.07) is 1.66. The maximum atomic E-state index is 10.5. The second-order valence-electron chi connectivity index (χ2n) is 2.08. The molecule has 0 unspecified atom stereocenters. The lowest BCUT2D eigenvalue weighted by Gasteiger charge is -2.01. The molecule has 1 aromatic heterocycles. The first-order chi connectivity index (χ1) is 5.24. The van der Waals surface area contributed by atoms with Crippen molar-refractivity contribution in [3.05, 3.63) is 12.3 Å². The summed E-state index contributed by atoms with van der Waals surface area (Å²) < 4.78 is 6.45. The number of ether oxygens (including phenoxy) is 1. The molecule has 0 bridgehead atoms. The maximum Gasteiger partial charge on any atom is 0.309 e. The third kappa shape index (κ3) is 1.80. The van der Waals surface area contributed by atoms with Crippen molar-refractivity contribution in [2.45, 2.75) is 20.4 Å². The van der Waals surface area contributed by atoms with Gasteiger partial charge in [0.2, 0.25) is 5.88 Å². The van der Waals surface area contributed by atoms with Crippen LogP contribution >= 0.6 is 0 Å². The van der Waals surface area contributed by atoms with Crippen molar-refractivity contribution in [2.24, 2.45) is 0 Å². The van der Waals surface area contributed by atoms with Crippen molar-refractivity contribution in [1.29, 1.82) is 0 Å². The molecule has 1 heterocycles. The van der Waals surface area contributed by atoms with Crippen molar-refractivity contribution in [3.8, 4) is 5.88 Å². The molecule has 1 aromatic rings. The molecule has 0 fully saturated rings. The van der Waals surface area contributed by atoms with Crippen molar-refractivity contribution in [3.63, 3.8) is 0 Å². The van der Waals surface area contributed by atoms with E-state index in [1.54, 1.807) is 16.9 Å². The van der Waals surface area contributed by atoms with Crippen LogP contribution in [0, 0.1) is 0 Å². The molecule has 0 saturated carbocycles. The van der Waals surface area contributed by atoms with E-state index in [1.165, 1.54) is 6.92 Å². The van der Waals surface area contributed by atoms with E-state index in [0.717, 1.165) is 0 Å². The molecule has 0 N–H and O–H groups in total. The Kier molecular flexibility index (Phi) is 2.25. The Labute approximate surface area is 64.8 Å². The van der Waals surface area contributed by atoms with Crippen LogP contribution in [-0.2, 0) is 11.3 Å². The number of rotatable bonds is 2. The summed E-state index contributed by atoms with van der Waals surface area (Å²) in [5, 5.41) is 3.93. The van der Waals surface area contributed by atoms with Gasteiger partial charge in [-0.2, -0.15) is 5.10 Å². The van der Waals surface area contributed by atoms with Gasteiger partial charge in [-0.25, -0.2) is 4.68 Å². The van der Waals surface area contributed by atoms with Gasteiger partial charge in [-0.1, -0.05) is 0 Å². The normalized spacial score (nSPS) is 9.64. The number of carbonyl (C=O) groups is 1. The molecule has 0 spiro atoms. The summed E-state index contributed by atoms with van der Waals surface area (Å²) in [6.45, 7) is 4.00. The lowest BCUT2D eigenvalue weighted by molar-refractivity contribution is -0.132. The minimum absolute atomic E-state index is 0.319. The summed E-state index contributed by atoms with van der Waals surface area (Å²) in [4.78, 5) is 10.5. The predicted octanol–water partition coefficient (Wildman–Crippen LogP) is 0.828. The zero-order valence-corrected chi connectivity index (χ0v) is 6.57. The lowest BCUT2D eigenvalue weighted by atomic mass is 10.6. The first-order valence-corrected chi connectivity index (χ1v) is 3.44. The van der Waals surface area contributed by atoms with Crippen LogP contribution in [0.2, 0.25) is 0 Å². The van der Waals surface area contributed by atoms with Crippen LogP contribution in [0.25, 0.3) is 0 Å². The summed E-state index contributed by atoms with van der Waals surface area (Å²) in [5.41, 5.74) is 0. The molecule has 0 aromatic carbocycles. The molecule has 0 radical (unpaired) electrons. The quantitative estimate of drug-likeness (QED) is 0.592. The Morgan fingerprint density at radius 2 is 2.55 bits per heavy atom. The van der Waals surface area contributed by atoms with E-state index in [4.69, 9.17) is 4.74 Å². The van der Waals surface area contributed by atoms with Gasteiger partial charge in [0.15, 0.2) is 0 Å². The van der Waals surface area contributed by atoms with Crippen LogP contribution in [0.1, 0.15) is 13.8 Å². The molecule has 0 aliphatic rings. The smallest absolute Gasteiger partial charge is 0.309 e. The van der Waals surface area contributed by atoms with Crippen LogP contribution in [0.5, 0.6) is 5.88 Å². The maximum absolute atomic E-state index is 10.5. The standard InChI is InChI=1S/C7H10N2O2/c1-3-9-7(4-5-8-9)11-6(2)10/h4-5H,3H2,1-2H3. The van der Waals surface area contributed by atoms with Gasteiger partial charge in [0, 0.05) is 19.5 Å². The van der Waals surface area contributed by atoms with Gasteiger partial charge >= 0.3 is 5.97 Å². The van der Waals surface area contributed by atoms with Crippen molar-refractivity contribution >= 4 is 5.97 Å². The third-order valence-corrected chi connectivity index (χ3v) is 1.23. The zero-order chi connectivity index (χ0) is 8.27. The Hall–Kier alpha value is -1.32. The fraction of sp³-hybridized carbons (Fsp3) is 0.429. The molecule has 0 amide bonds. The van der Waals surface area contributed by atoms with Crippen molar-refractivity contribution < 1.29 is 9.53 Å². The molecule has 0 saturated heterocycles. The summed E-state index contributed by atoms with van der Waals surface area (Å²) in [7, 11) is 0. The van der Waals surface area contributed by atoms with Crippen LogP contribution < -0.4 is 4.74 Å². The number of aryl methyl sites for hydroxylation is 1. The van der Waals surface area contributed by atoms with Crippen LogP contribution in [-0.4, -0.2) is 15.7 Å². The number of aromatic nitrogens is 2. The van der Waals surface area contributed by atoms with E-state index in [2.05, 4.69) is 5.10 Å². The zero-order valence-electron chi connectivity index (χ0n) is 6.57. The van der Waals surface area contributed by atoms with Gasteiger partial charge in [0.25, 0.3) is 0 Å². The number of carbonyl (C=O) groups excluding carboxylic acids is 1. The fourth-order valence-electron chi connectivity index (χ4n) is 0.792. The number of nitrogens with zero attached hydrogens (tertiary/aromatic N) is 2. The highest BCUT2D eigenvalue weighted by Crippen LogP contribution is 2.08. The third-order valence-electron chi connectivity index (χ3n) is 1.23. The molecule has 60 valence electrons. The molecule has 11 heavy (non-hydrogen) atoms. The van der Waals surface area contributed by atoms with Gasteiger partial charge < -0.3 is 4.74 Å². The Morgan fingerprint density at radius 1 is 1.82 bits per heavy atom. The van der Waals surface area contributed by atoms with Gasteiger partial charge in [-0.05, 0) is 6.92 Å². The SMILES string of the molecule is CCn1nccc1OC(C)=O. The first kappa shape index (κ1) is 7.78. The number of esters is 1. The van der Waals surface area contributed by atoms with Crippen LogP contribution in [0.15, 0.2) is 12.3 Å². The van der Waals surface area contributed by atoms with Gasteiger partial charge in [0.05, 0.1) is 6.20 Å². The summed E-state index contributed by atoms with van der Waals surface area (Å²) >= 11 is 0. The molecule has 1 rings (SSSR count). The van der Waals surface area contributed by atoms with E-state index in [0.29, 0.717) is 12.4 Å². The van der Waals surface area contributed by atoms with E-state index in [1.807, 2.05) is 6.92 Å². The molecule has 0 aliphatic carbocycles. The Morgan fingerprint density at radius 3 is 3.09 bits per heavy atom. The average Bonchev–Trinajstić information content (AvgIpc) is 2.34. The van der Waals surface area contributed by atoms with E-state index >= 15 is 0 Å². The minimum atomic E-state index is -0.319. The van der Waals surface area contributed by atoms with Gasteiger partial charge in [-0.15, -0.1) is 0 Å². The topological polar surface area (TPSA) is 44.1 Å².